The van der Waals surface area contributed by atoms with Gasteiger partial charge in [0.25, 0.3) is 11.5 Å². The number of nitrogens with one attached hydrogen (secondary N) is 1. The molecule has 1 aromatic heterocycles. The summed E-state index contributed by atoms with van der Waals surface area (Å²) < 4.78 is 1.37. The van der Waals surface area contributed by atoms with Gasteiger partial charge in [0.15, 0.2) is 0 Å². The summed E-state index contributed by atoms with van der Waals surface area (Å²) in [6.07, 6.45) is 6.94. The monoisotopic (exact) mass is 317 g/mol. The van der Waals surface area contributed by atoms with Gasteiger partial charge >= 0.3 is 0 Å². The number of amides is 1. The minimum absolute atomic E-state index is 0.00193. The highest BCUT2D eigenvalue weighted by molar-refractivity contribution is 5.86. The molecule has 1 saturated carbocycles. The fourth-order valence-electron chi connectivity index (χ4n) is 3.06. The van der Waals surface area contributed by atoms with Crippen LogP contribution in [0.4, 0.5) is 0 Å². The Morgan fingerprint density at radius 2 is 2.04 bits per heavy atom. The fraction of sp³-hybridized carbons (Fsp3) is 0.611. The highest BCUT2D eigenvalue weighted by Crippen LogP contribution is 2.39. The lowest BCUT2D eigenvalue weighted by molar-refractivity contribution is -0.121. The molecule has 5 heteroatoms. The lowest BCUT2D eigenvalue weighted by Crippen LogP contribution is -2.31. The van der Waals surface area contributed by atoms with E-state index in [9.17, 15) is 9.59 Å². The molecular weight excluding hydrogens is 290 g/mol. The van der Waals surface area contributed by atoms with E-state index in [0.717, 1.165) is 37.3 Å². The summed E-state index contributed by atoms with van der Waals surface area (Å²) in [7, 11) is 0. The maximum absolute atomic E-state index is 11.9. The lowest BCUT2D eigenvalue weighted by Gasteiger charge is -2.36. The number of carbonyl (C=O) groups excluding carboxylic acids is 1. The Hall–Kier alpha value is -1.91. The van der Waals surface area contributed by atoms with E-state index in [-0.39, 0.29) is 18.0 Å². The summed E-state index contributed by atoms with van der Waals surface area (Å²) in [5, 5.41) is 4.25. The Balaban J connectivity index is 1.84. The van der Waals surface area contributed by atoms with Gasteiger partial charge in [-0.25, -0.2) is 5.43 Å². The van der Waals surface area contributed by atoms with Crippen LogP contribution in [-0.4, -0.2) is 16.2 Å². The molecule has 0 atom stereocenters. The van der Waals surface area contributed by atoms with Crippen LogP contribution in [0.15, 0.2) is 34.3 Å². The molecule has 2 rings (SSSR count). The fourth-order valence-corrected chi connectivity index (χ4v) is 3.06. The Morgan fingerprint density at radius 1 is 1.35 bits per heavy atom. The summed E-state index contributed by atoms with van der Waals surface area (Å²) in [5.41, 5.74) is 3.84. The van der Waals surface area contributed by atoms with Crippen LogP contribution < -0.4 is 11.0 Å². The first-order chi connectivity index (χ1) is 10.9. The van der Waals surface area contributed by atoms with Crippen molar-refractivity contribution in [1.29, 1.82) is 0 Å². The molecule has 0 radical (unpaired) electrons. The van der Waals surface area contributed by atoms with Crippen LogP contribution in [0.5, 0.6) is 0 Å². The molecule has 1 fully saturated rings. The normalized spacial score (nSPS) is 18.6. The minimum Gasteiger partial charge on any atom is -0.306 e. The molecular formula is C18H27N3O2. The molecule has 23 heavy (non-hydrogen) atoms. The zero-order valence-corrected chi connectivity index (χ0v) is 14.3. The molecule has 0 spiro atoms. The van der Waals surface area contributed by atoms with E-state index >= 15 is 0 Å². The second kappa shape index (κ2) is 7.57. The Bertz CT molecular complexity index is 621. The summed E-state index contributed by atoms with van der Waals surface area (Å²) in [5.74, 6) is 0.465. The Morgan fingerprint density at radius 3 is 2.65 bits per heavy atom. The molecule has 0 aromatic carbocycles. The molecule has 5 nitrogen and oxygen atoms in total. The average Bonchev–Trinajstić information content (AvgIpc) is 2.55. The van der Waals surface area contributed by atoms with Crippen molar-refractivity contribution in [2.75, 3.05) is 0 Å². The predicted molar refractivity (Wildman–Crippen MR) is 92.3 cm³/mol. The van der Waals surface area contributed by atoms with Crippen LogP contribution in [0, 0.1) is 11.3 Å². The molecule has 0 aliphatic heterocycles. The zero-order chi connectivity index (χ0) is 16.9. The number of rotatable bonds is 5. The molecule has 1 amide bonds. The Labute approximate surface area is 137 Å². The third kappa shape index (κ3) is 4.78. The van der Waals surface area contributed by atoms with Gasteiger partial charge in [-0.15, -0.1) is 0 Å². The largest absolute Gasteiger partial charge is 0.306 e. The third-order valence-corrected chi connectivity index (χ3v) is 5.13. The maximum atomic E-state index is 11.9. The second-order valence-corrected chi connectivity index (χ2v) is 7.00. The van der Waals surface area contributed by atoms with Gasteiger partial charge < -0.3 is 4.57 Å². The zero-order valence-electron chi connectivity index (χ0n) is 14.3. The highest BCUT2D eigenvalue weighted by Gasteiger charge is 2.30. The summed E-state index contributed by atoms with van der Waals surface area (Å²) in [6, 6.07) is 4.83. The second-order valence-electron chi connectivity index (χ2n) is 7.00. The molecule has 1 heterocycles. The van der Waals surface area contributed by atoms with Gasteiger partial charge in [0.1, 0.15) is 6.54 Å². The predicted octanol–water partition coefficient (Wildman–Crippen LogP) is 2.95. The van der Waals surface area contributed by atoms with Crippen molar-refractivity contribution in [2.45, 2.75) is 59.4 Å². The Kier molecular flexibility index (Phi) is 5.74. The highest BCUT2D eigenvalue weighted by atomic mass is 16.2. The van der Waals surface area contributed by atoms with Gasteiger partial charge in [-0.1, -0.05) is 33.3 Å². The third-order valence-electron chi connectivity index (χ3n) is 5.13. The molecule has 0 bridgehead atoms. The van der Waals surface area contributed by atoms with E-state index in [0.29, 0.717) is 5.41 Å². The number of carbonyl (C=O) groups is 1. The van der Waals surface area contributed by atoms with Crippen LogP contribution in [0.2, 0.25) is 0 Å². The van der Waals surface area contributed by atoms with Crippen molar-refractivity contribution in [3.05, 3.63) is 34.7 Å². The first kappa shape index (κ1) is 17.4. The van der Waals surface area contributed by atoms with Gasteiger partial charge in [-0.3, -0.25) is 9.59 Å². The molecule has 1 N–H and O–H groups in total. The minimum atomic E-state index is -0.262. The molecule has 1 aromatic rings. The van der Waals surface area contributed by atoms with Crippen LogP contribution in [0.1, 0.15) is 52.9 Å². The maximum Gasteiger partial charge on any atom is 0.260 e. The van der Waals surface area contributed by atoms with Crippen molar-refractivity contribution in [2.24, 2.45) is 16.4 Å². The van der Waals surface area contributed by atoms with E-state index < -0.39 is 0 Å². The lowest BCUT2D eigenvalue weighted by atomic mass is 9.69. The van der Waals surface area contributed by atoms with Gasteiger partial charge in [0.2, 0.25) is 0 Å². The van der Waals surface area contributed by atoms with Gasteiger partial charge in [-0.05, 0) is 43.1 Å². The van der Waals surface area contributed by atoms with E-state index in [4.69, 9.17) is 0 Å². The standard InChI is InChI=1S/C18H27N3O2/c1-4-18(2,3)14-8-10-15(11-9-14)19-20-16(22)13-21-12-6-5-7-17(21)23/h5-7,12,14H,4,8-11,13H2,1-3H3,(H,20,22). The van der Waals surface area contributed by atoms with Crippen LogP contribution in [0.3, 0.4) is 0 Å². The number of nitrogens with zero attached hydrogens (tertiary/aromatic N) is 2. The van der Waals surface area contributed by atoms with Crippen molar-refractivity contribution in [1.82, 2.24) is 9.99 Å². The van der Waals surface area contributed by atoms with E-state index in [1.807, 2.05) is 0 Å². The molecule has 0 saturated heterocycles. The quantitative estimate of drug-likeness (QED) is 0.849. The number of pyridine rings is 1. The first-order valence-electron chi connectivity index (χ1n) is 8.42. The SMILES string of the molecule is CCC(C)(C)C1CCC(=NNC(=O)Cn2ccccc2=O)CC1. The first-order valence-corrected chi connectivity index (χ1v) is 8.42. The average molecular weight is 317 g/mol. The van der Waals surface area contributed by atoms with Gasteiger partial charge in [0, 0.05) is 18.0 Å². The smallest absolute Gasteiger partial charge is 0.260 e. The van der Waals surface area contributed by atoms with Crippen molar-refractivity contribution in [3.63, 3.8) is 0 Å². The van der Waals surface area contributed by atoms with Crippen molar-refractivity contribution < 1.29 is 4.79 Å². The van der Waals surface area contributed by atoms with E-state index in [1.54, 1.807) is 18.3 Å². The number of aromatic nitrogens is 1. The van der Waals surface area contributed by atoms with E-state index in [1.165, 1.54) is 17.1 Å². The molecule has 1 aliphatic carbocycles. The molecule has 1 aliphatic rings. The summed E-state index contributed by atoms with van der Waals surface area (Å²) >= 11 is 0. The summed E-state index contributed by atoms with van der Waals surface area (Å²) in [6.45, 7) is 6.91. The van der Waals surface area contributed by atoms with Crippen LogP contribution >= 0.6 is 0 Å². The van der Waals surface area contributed by atoms with Crippen molar-refractivity contribution >= 4 is 11.6 Å². The van der Waals surface area contributed by atoms with Gasteiger partial charge in [0.05, 0.1) is 0 Å². The summed E-state index contributed by atoms with van der Waals surface area (Å²) in [4.78, 5) is 23.5. The van der Waals surface area contributed by atoms with Crippen LogP contribution in [0.25, 0.3) is 0 Å². The van der Waals surface area contributed by atoms with Crippen LogP contribution in [-0.2, 0) is 11.3 Å². The molecule has 126 valence electrons. The van der Waals surface area contributed by atoms with Crippen molar-refractivity contribution in [3.8, 4) is 0 Å². The number of hydrogen-bond donors (Lipinski definition) is 1. The number of hydrazone groups is 1. The van der Waals surface area contributed by atoms with E-state index in [2.05, 4.69) is 31.3 Å². The topological polar surface area (TPSA) is 63.5 Å². The van der Waals surface area contributed by atoms with Gasteiger partial charge in [-0.2, -0.15) is 5.10 Å². The number of hydrogen-bond acceptors (Lipinski definition) is 3. The molecule has 0 unspecified atom stereocenters.